The van der Waals surface area contributed by atoms with Crippen LogP contribution in [0, 0.1) is 0 Å². The van der Waals surface area contributed by atoms with E-state index in [1.165, 1.54) is 6.20 Å². The number of carbonyl (C=O) groups is 1. The van der Waals surface area contributed by atoms with E-state index >= 15 is 0 Å². The fraction of sp³-hybridized carbons (Fsp3) is 0.333. The lowest BCUT2D eigenvalue weighted by molar-refractivity contribution is 0.103. The van der Waals surface area contributed by atoms with Crippen molar-refractivity contribution in [2.45, 2.75) is 23.7 Å². The Morgan fingerprint density at radius 1 is 1.26 bits per heavy atom. The first kappa shape index (κ1) is 14.9. The smallest absolute Gasteiger partial charge is 0.202 e. The predicted molar refractivity (Wildman–Crippen MR) is 83.6 cm³/mol. The van der Waals surface area contributed by atoms with E-state index in [9.17, 15) is 13.2 Å². The molecule has 1 aliphatic carbocycles. The van der Waals surface area contributed by atoms with Gasteiger partial charge in [0, 0.05) is 10.4 Å². The summed E-state index contributed by atoms with van der Waals surface area (Å²) in [4.78, 5) is 12.9. The number of nitrogens with zero attached hydrogens (tertiary/aromatic N) is 1. The monoisotopic (exact) mass is 397 g/mol. The molecular weight excluding hydrogens is 386 g/mol. The third kappa shape index (κ3) is 2.40. The van der Waals surface area contributed by atoms with Crippen LogP contribution in [0.25, 0.3) is 0 Å². The van der Waals surface area contributed by atoms with Gasteiger partial charge in [-0.3, -0.25) is 4.79 Å². The minimum atomic E-state index is -3.47. The van der Waals surface area contributed by atoms with Crippen molar-refractivity contribution >= 4 is 31.6 Å². The van der Waals surface area contributed by atoms with Gasteiger partial charge < -0.3 is 9.26 Å². The summed E-state index contributed by atoms with van der Waals surface area (Å²) in [5.74, 6) is 0.488. The van der Waals surface area contributed by atoms with Crippen LogP contribution in [0.2, 0.25) is 0 Å². The van der Waals surface area contributed by atoms with E-state index in [1.54, 1.807) is 12.1 Å². The Labute approximate surface area is 140 Å². The van der Waals surface area contributed by atoms with Gasteiger partial charge in [-0.1, -0.05) is 5.16 Å². The van der Waals surface area contributed by atoms with Crippen molar-refractivity contribution in [1.29, 1.82) is 0 Å². The lowest BCUT2D eigenvalue weighted by Gasteiger charge is -2.21. The molecular formula is C15H12BrNO5S. The highest BCUT2D eigenvalue weighted by Crippen LogP contribution is 2.43. The van der Waals surface area contributed by atoms with Crippen molar-refractivity contribution in [2.75, 3.05) is 12.4 Å². The van der Waals surface area contributed by atoms with Gasteiger partial charge in [-0.15, -0.1) is 0 Å². The second kappa shape index (κ2) is 5.17. The summed E-state index contributed by atoms with van der Waals surface area (Å²) >= 11 is 3.24. The Bertz CT molecular complexity index is 914. The number of ketones is 1. The molecule has 0 atom stereocenters. The van der Waals surface area contributed by atoms with Gasteiger partial charge in [0.05, 0.1) is 23.1 Å². The quantitative estimate of drug-likeness (QED) is 0.739. The molecule has 2 aliphatic rings. The molecule has 1 aliphatic heterocycles. The molecule has 2 aromatic rings. The number of hydrogen-bond donors (Lipinski definition) is 0. The zero-order valence-corrected chi connectivity index (χ0v) is 14.3. The van der Waals surface area contributed by atoms with Crippen molar-refractivity contribution in [3.05, 3.63) is 39.7 Å². The highest BCUT2D eigenvalue weighted by Gasteiger charge is 2.36. The van der Waals surface area contributed by atoms with Gasteiger partial charge in [-0.2, -0.15) is 0 Å². The van der Waals surface area contributed by atoms with E-state index in [1.807, 2.05) is 0 Å². The molecule has 1 fully saturated rings. The summed E-state index contributed by atoms with van der Waals surface area (Å²) < 4.78 is 35.7. The normalized spacial score (nSPS) is 19.0. The van der Waals surface area contributed by atoms with Gasteiger partial charge in [0.25, 0.3) is 0 Å². The molecule has 0 saturated heterocycles. The van der Waals surface area contributed by atoms with E-state index < -0.39 is 9.84 Å². The van der Waals surface area contributed by atoms with Crippen LogP contribution in [0.4, 0.5) is 0 Å². The minimum absolute atomic E-state index is 0.0329. The van der Waals surface area contributed by atoms with Crippen molar-refractivity contribution in [1.82, 2.24) is 5.16 Å². The first-order valence-electron chi connectivity index (χ1n) is 7.16. The van der Waals surface area contributed by atoms with Gasteiger partial charge in [0.1, 0.15) is 17.3 Å². The molecule has 0 amide bonds. The molecule has 1 aromatic heterocycles. The van der Waals surface area contributed by atoms with Gasteiger partial charge >= 0.3 is 0 Å². The van der Waals surface area contributed by atoms with E-state index in [2.05, 4.69) is 21.1 Å². The molecule has 1 saturated carbocycles. The van der Waals surface area contributed by atoms with Crippen LogP contribution < -0.4 is 4.74 Å². The van der Waals surface area contributed by atoms with E-state index in [4.69, 9.17) is 9.26 Å². The molecule has 2 heterocycles. The topological polar surface area (TPSA) is 86.5 Å². The first-order chi connectivity index (χ1) is 11.0. The van der Waals surface area contributed by atoms with Crippen LogP contribution in [-0.2, 0) is 9.84 Å². The number of sulfone groups is 1. The number of ether oxygens (including phenoxy) is 1. The summed E-state index contributed by atoms with van der Waals surface area (Å²) in [6, 6.07) is 3.12. The molecule has 0 spiro atoms. The van der Waals surface area contributed by atoms with Crippen molar-refractivity contribution in [3.63, 3.8) is 0 Å². The summed E-state index contributed by atoms with van der Waals surface area (Å²) in [5.41, 5.74) is 0.597. The fourth-order valence-electron chi connectivity index (χ4n) is 2.71. The summed E-state index contributed by atoms with van der Waals surface area (Å²) in [6.07, 6.45) is 3.33. The number of rotatable bonds is 3. The Hall–Kier alpha value is -1.67. The maximum absolute atomic E-state index is 12.9. The lowest BCUT2D eigenvalue weighted by Crippen LogP contribution is -2.23. The molecule has 120 valence electrons. The maximum atomic E-state index is 12.9. The Balaban J connectivity index is 1.87. The third-order valence-electron chi connectivity index (χ3n) is 4.01. The van der Waals surface area contributed by atoms with Crippen LogP contribution in [0.1, 0.15) is 40.4 Å². The Morgan fingerprint density at radius 2 is 2.04 bits per heavy atom. The van der Waals surface area contributed by atoms with E-state index in [0.29, 0.717) is 15.8 Å². The lowest BCUT2D eigenvalue weighted by atomic mass is 10.0. The maximum Gasteiger partial charge on any atom is 0.202 e. The molecule has 0 bridgehead atoms. The molecule has 4 rings (SSSR count). The molecule has 8 heteroatoms. The predicted octanol–water partition coefficient (Wildman–Crippen LogP) is 2.71. The average molecular weight is 398 g/mol. The summed E-state index contributed by atoms with van der Waals surface area (Å²) in [7, 11) is -3.47. The Kier molecular flexibility index (Phi) is 3.35. The number of hydrogen-bond acceptors (Lipinski definition) is 6. The minimum Gasteiger partial charge on any atom is -0.490 e. The SMILES string of the molecule is O=C(c1cnoc1C1CC1)c1ccc(Br)c2c1OCCS2(=O)=O. The van der Waals surface area contributed by atoms with Crippen LogP contribution >= 0.6 is 15.9 Å². The fourth-order valence-corrected chi connectivity index (χ4v) is 5.09. The largest absolute Gasteiger partial charge is 0.490 e. The number of aromatic nitrogens is 1. The molecule has 0 unspecified atom stereocenters. The molecule has 23 heavy (non-hydrogen) atoms. The van der Waals surface area contributed by atoms with Gasteiger partial charge in [0.15, 0.2) is 15.6 Å². The zero-order chi connectivity index (χ0) is 16.2. The van der Waals surface area contributed by atoms with Crippen LogP contribution in [0.3, 0.4) is 0 Å². The first-order valence-corrected chi connectivity index (χ1v) is 9.61. The molecule has 1 aromatic carbocycles. The standard InChI is InChI=1S/C15H12BrNO5S/c16-11-4-3-9(14-15(11)23(19,20)6-5-21-14)12(18)10-7-17-22-13(10)8-1-2-8/h3-4,7-8H,1-2,5-6H2. The van der Waals surface area contributed by atoms with Crippen molar-refractivity contribution < 1.29 is 22.5 Å². The summed E-state index contributed by atoms with van der Waals surface area (Å²) in [6.45, 7) is 0.0329. The number of benzene rings is 1. The highest BCUT2D eigenvalue weighted by molar-refractivity contribution is 9.10. The van der Waals surface area contributed by atoms with E-state index in [0.717, 1.165) is 12.8 Å². The average Bonchev–Trinajstić information content (AvgIpc) is 3.23. The van der Waals surface area contributed by atoms with Crippen LogP contribution in [0.15, 0.2) is 32.2 Å². The van der Waals surface area contributed by atoms with Crippen LogP contribution in [-0.4, -0.2) is 31.7 Å². The highest BCUT2D eigenvalue weighted by atomic mass is 79.9. The Morgan fingerprint density at radius 3 is 2.78 bits per heavy atom. The summed E-state index contributed by atoms with van der Waals surface area (Å²) in [5, 5.41) is 3.72. The number of halogens is 1. The number of carbonyl (C=O) groups excluding carboxylic acids is 1. The molecule has 0 N–H and O–H groups in total. The molecule has 0 radical (unpaired) electrons. The second-order valence-corrected chi connectivity index (χ2v) is 8.53. The third-order valence-corrected chi connectivity index (χ3v) is 6.66. The molecule has 6 nitrogen and oxygen atoms in total. The van der Waals surface area contributed by atoms with Crippen molar-refractivity contribution in [2.24, 2.45) is 0 Å². The van der Waals surface area contributed by atoms with Gasteiger partial charge in [-0.05, 0) is 40.9 Å². The van der Waals surface area contributed by atoms with Gasteiger partial charge in [-0.25, -0.2) is 8.42 Å². The van der Waals surface area contributed by atoms with E-state index in [-0.39, 0.29) is 40.3 Å². The van der Waals surface area contributed by atoms with Crippen LogP contribution in [0.5, 0.6) is 5.75 Å². The zero-order valence-electron chi connectivity index (χ0n) is 11.9. The second-order valence-electron chi connectivity index (χ2n) is 5.63. The van der Waals surface area contributed by atoms with Crippen molar-refractivity contribution in [3.8, 4) is 5.75 Å². The number of fused-ring (bicyclic) bond motifs is 1. The van der Waals surface area contributed by atoms with Gasteiger partial charge in [0.2, 0.25) is 5.78 Å².